The highest BCUT2D eigenvalue weighted by Gasteiger charge is 2.34. The molecule has 1 atom stereocenters. The predicted octanol–water partition coefficient (Wildman–Crippen LogP) is 3.96. The van der Waals surface area contributed by atoms with Gasteiger partial charge >= 0.3 is 0 Å². The first-order chi connectivity index (χ1) is 13.7. The molecule has 1 amide bonds. The van der Waals surface area contributed by atoms with E-state index in [1.165, 1.54) is 5.56 Å². The number of aryl methyl sites for hydroxylation is 1. The van der Waals surface area contributed by atoms with Crippen LogP contribution < -0.4 is 4.74 Å². The highest BCUT2D eigenvalue weighted by atomic mass is 16.5. The molecule has 1 unspecified atom stereocenters. The maximum Gasteiger partial charge on any atom is 0.261 e. The quantitative estimate of drug-likeness (QED) is 0.650. The molecule has 0 spiro atoms. The molecule has 2 aromatic carbocycles. The molecule has 1 fully saturated rings. The van der Waals surface area contributed by atoms with Crippen molar-refractivity contribution in [2.24, 2.45) is 0 Å². The molecule has 0 radical (unpaired) electrons. The summed E-state index contributed by atoms with van der Waals surface area (Å²) in [5.41, 5.74) is 3.12. The summed E-state index contributed by atoms with van der Waals surface area (Å²) in [5.74, 6) is 1.76. The van der Waals surface area contributed by atoms with Crippen molar-refractivity contribution in [3.05, 3.63) is 65.5 Å². The predicted molar refractivity (Wildman–Crippen MR) is 105 cm³/mol. The van der Waals surface area contributed by atoms with Crippen LogP contribution in [0.25, 0.3) is 11.5 Å². The van der Waals surface area contributed by atoms with Gasteiger partial charge in [0.2, 0.25) is 5.91 Å². The summed E-state index contributed by atoms with van der Waals surface area (Å²) in [6.07, 6.45) is 0.401. The molecule has 1 aliphatic rings. The number of hydrogen-bond acceptors (Lipinski definition) is 5. The van der Waals surface area contributed by atoms with Crippen LogP contribution in [0.1, 0.15) is 36.2 Å². The van der Waals surface area contributed by atoms with Crippen LogP contribution >= 0.6 is 0 Å². The normalized spacial score (nSPS) is 16.6. The standard InChI is InChI=1S/C22H23N3O3/c1-3-27-19-11-7-6-10-18(19)22-23-21(24-28-22)17-12-20(26)25(14-17)13-16-9-5-4-8-15(16)2/h4-11,17H,3,12-14H2,1-2H3. The molecule has 1 saturated heterocycles. The Balaban J connectivity index is 1.51. The average Bonchev–Trinajstić information content (AvgIpc) is 3.32. The van der Waals surface area contributed by atoms with E-state index in [0.29, 0.717) is 43.6 Å². The summed E-state index contributed by atoms with van der Waals surface area (Å²) < 4.78 is 11.1. The zero-order chi connectivity index (χ0) is 19.5. The third-order valence-electron chi connectivity index (χ3n) is 5.06. The average molecular weight is 377 g/mol. The number of para-hydroxylation sites is 1. The SMILES string of the molecule is CCOc1ccccc1-c1nc(C2CC(=O)N(Cc3ccccc3C)C2)no1. The van der Waals surface area contributed by atoms with E-state index < -0.39 is 0 Å². The van der Waals surface area contributed by atoms with Crippen LogP contribution in [0.5, 0.6) is 5.75 Å². The van der Waals surface area contributed by atoms with Crippen molar-refractivity contribution in [1.82, 2.24) is 15.0 Å². The molecule has 1 aromatic heterocycles. The van der Waals surface area contributed by atoms with Crippen LogP contribution in [-0.2, 0) is 11.3 Å². The summed E-state index contributed by atoms with van der Waals surface area (Å²) >= 11 is 0. The fraction of sp³-hybridized carbons (Fsp3) is 0.318. The number of rotatable bonds is 6. The number of carbonyl (C=O) groups excluding carboxylic acids is 1. The van der Waals surface area contributed by atoms with Gasteiger partial charge in [-0.2, -0.15) is 4.98 Å². The van der Waals surface area contributed by atoms with Crippen molar-refractivity contribution in [3.8, 4) is 17.2 Å². The minimum atomic E-state index is -0.0618. The summed E-state index contributed by atoms with van der Waals surface area (Å²) in [6.45, 7) is 5.76. The topological polar surface area (TPSA) is 68.5 Å². The maximum absolute atomic E-state index is 12.5. The summed E-state index contributed by atoms with van der Waals surface area (Å²) in [5, 5.41) is 4.15. The smallest absolute Gasteiger partial charge is 0.261 e. The van der Waals surface area contributed by atoms with Crippen LogP contribution in [0.3, 0.4) is 0 Å². The molecule has 6 nitrogen and oxygen atoms in total. The van der Waals surface area contributed by atoms with Gasteiger partial charge in [-0.15, -0.1) is 0 Å². The fourth-order valence-electron chi connectivity index (χ4n) is 3.53. The van der Waals surface area contributed by atoms with Crippen molar-refractivity contribution in [1.29, 1.82) is 0 Å². The van der Waals surface area contributed by atoms with Crippen LogP contribution in [0, 0.1) is 6.92 Å². The van der Waals surface area contributed by atoms with E-state index in [9.17, 15) is 4.79 Å². The van der Waals surface area contributed by atoms with E-state index in [4.69, 9.17) is 9.26 Å². The van der Waals surface area contributed by atoms with Crippen molar-refractivity contribution in [2.75, 3.05) is 13.2 Å². The second-order valence-electron chi connectivity index (χ2n) is 6.99. The number of nitrogens with zero attached hydrogens (tertiary/aromatic N) is 3. The molecular weight excluding hydrogens is 354 g/mol. The van der Waals surface area contributed by atoms with Gasteiger partial charge in [-0.1, -0.05) is 41.6 Å². The number of aromatic nitrogens is 2. The lowest BCUT2D eigenvalue weighted by atomic mass is 10.1. The fourth-order valence-corrected chi connectivity index (χ4v) is 3.53. The van der Waals surface area contributed by atoms with Crippen molar-refractivity contribution >= 4 is 5.91 Å². The number of amides is 1. The van der Waals surface area contributed by atoms with Gasteiger partial charge < -0.3 is 14.2 Å². The first-order valence-corrected chi connectivity index (χ1v) is 9.53. The Labute approximate surface area is 164 Å². The summed E-state index contributed by atoms with van der Waals surface area (Å²) in [6, 6.07) is 15.7. The van der Waals surface area contributed by atoms with Gasteiger partial charge in [0.25, 0.3) is 5.89 Å². The molecule has 6 heteroatoms. The molecule has 1 aliphatic heterocycles. The molecule has 144 valence electrons. The van der Waals surface area contributed by atoms with E-state index in [1.807, 2.05) is 48.2 Å². The maximum atomic E-state index is 12.5. The monoisotopic (exact) mass is 377 g/mol. The van der Waals surface area contributed by atoms with Crippen molar-refractivity contribution in [3.63, 3.8) is 0 Å². The Morgan fingerprint density at radius 1 is 1.18 bits per heavy atom. The minimum absolute atomic E-state index is 0.0618. The number of ether oxygens (including phenoxy) is 1. The Hall–Kier alpha value is -3.15. The number of likely N-dealkylation sites (tertiary alicyclic amines) is 1. The zero-order valence-electron chi connectivity index (χ0n) is 16.1. The summed E-state index contributed by atoms with van der Waals surface area (Å²) in [7, 11) is 0. The molecule has 3 aromatic rings. The van der Waals surface area contributed by atoms with Gasteiger partial charge in [0.05, 0.1) is 12.2 Å². The van der Waals surface area contributed by atoms with Crippen LogP contribution in [0.4, 0.5) is 0 Å². The van der Waals surface area contributed by atoms with Crippen molar-refractivity contribution < 1.29 is 14.1 Å². The lowest BCUT2D eigenvalue weighted by Gasteiger charge is -2.17. The van der Waals surface area contributed by atoms with Gasteiger partial charge in [0.15, 0.2) is 5.82 Å². The lowest BCUT2D eigenvalue weighted by Crippen LogP contribution is -2.24. The Kier molecular flexibility index (Phi) is 5.10. The van der Waals surface area contributed by atoms with Crippen LogP contribution in [0.15, 0.2) is 53.1 Å². The first-order valence-electron chi connectivity index (χ1n) is 9.53. The van der Waals surface area contributed by atoms with Gasteiger partial charge in [-0.3, -0.25) is 4.79 Å². The second kappa shape index (κ2) is 7.84. The highest BCUT2D eigenvalue weighted by Crippen LogP contribution is 2.32. The molecule has 4 rings (SSSR count). The Morgan fingerprint density at radius 2 is 1.96 bits per heavy atom. The minimum Gasteiger partial charge on any atom is -0.493 e. The Morgan fingerprint density at radius 3 is 2.79 bits per heavy atom. The van der Waals surface area contributed by atoms with Crippen molar-refractivity contribution in [2.45, 2.75) is 32.7 Å². The van der Waals surface area contributed by atoms with E-state index in [0.717, 1.165) is 11.1 Å². The van der Waals surface area contributed by atoms with Crippen LogP contribution in [0.2, 0.25) is 0 Å². The number of benzene rings is 2. The number of hydrogen-bond donors (Lipinski definition) is 0. The van der Waals surface area contributed by atoms with E-state index in [-0.39, 0.29) is 11.8 Å². The zero-order valence-corrected chi connectivity index (χ0v) is 16.1. The molecule has 0 aliphatic carbocycles. The Bertz CT molecular complexity index is 982. The second-order valence-corrected chi connectivity index (χ2v) is 6.99. The molecule has 0 N–H and O–H groups in total. The lowest BCUT2D eigenvalue weighted by molar-refractivity contribution is -0.128. The van der Waals surface area contributed by atoms with Gasteiger partial charge in [0.1, 0.15) is 5.75 Å². The largest absolute Gasteiger partial charge is 0.493 e. The first kappa shape index (κ1) is 18.2. The van der Waals surface area contributed by atoms with Gasteiger partial charge in [0, 0.05) is 25.4 Å². The molecule has 0 bridgehead atoms. The van der Waals surface area contributed by atoms with E-state index in [1.54, 1.807) is 0 Å². The highest BCUT2D eigenvalue weighted by molar-refractivity contribution is 5.79. The third-order valence-corrected chi connectivity index (χ3v) is 5.06. The molecule has 2 heterocycles. The van der Waals surface area contributed by atoms with Crippen LogP contribution in [-0.4, -0.2) is 34.1 Å². The summed E-state index contributed by atoms with van der Waals surface area (Å²) in [4.78, 5) is 18.9. The van der Waals surface area contributed by atoms with Gasteiger partial charge in [-0.25, -0.2) is 0 Å². The van der Waals surface area contributed by atoms with E-state index in [2.05, 4.69) is 29.2 Å². The molecule has 0 saturated carbocycles. The van der Waals surface area contributed by atoms with E-state index >= 15 is 0 Å². The molecule has 28 heavy (non-hydrogen) atoms. The third kappa shape index (κ3) is 3.63. The number of carbonyl (C=O) groups is 1. The molecular formula is C22H23N3O3. The van der Waals surface area contributed by atoms with Gasteiger partial charge in [-0.05, 0) is 37.1 Å².